The van der Waals surface area contributed by atoms with Crippen LogP contribution in [-0.2, 0) is 18.4 Å². The first kappa shape index (κ1) is 15.7. The van der Waals surface area contributed by atoms with Crippen molar-refractivity contribution in [3.8, 4) is 11.5 Å². The van der Waals surface area contributed by atoms with Crippen LogP contribution in [0.5, 0.6) is 11.5 Å². The van der Waals surface area contributed by atoms with E-state index in [2.05, 4.69) is 35.0 Å². The Morgan fingerprint density at radius 1 is 1.25 bits per heavy atom. The lowest BCUT2D eigenvalue weighted by molar-refractivity contribution is 0.285. The van der Waals surface area contributed by atoms with Crippen LogP contribution in [0.1, 0.15) is 22.2 Å². The molecule has 0 amide bonds. The number of thiophene rings is 1. The summed E-state index contributed by atoms with van der Waals surface area (Å²) in [7, 11) is 1.62. The minimum Gasteiger partial charge on any atom is -0.493 e. The Morgan fingerprint density at radius 2 is 2.00 bits per heavy atom. The quantitative estimate of drug-likeness (QED) is 0.625. The summed E-state index contributed by atoms with van der Waals surface area (Å²) in [6, 6.07) is 7.92. The van der Waals surface area contributed by atoms with Crippen molar-refractivity contribution in [3.63, 3.8) is 0 Å². The molecule has 1 aromatic heterocycles. The topological polar surface area (TPSA) is 18.5 Å². The summed E-state index contributed by atoms with van der Waals surface area (Å²) < 4.78 is 11.3. The number of alkyl halides is 1. The lowest BCUT2D eigenvalue weighted by atomic mass is 10.2. The summed E-state index contributed by atoms with van der Waals surface area (Å²) in [6.45, 7) is 2.70. The van der Waals surface area contributed by atoms with Gasteiger partial charge in [0.15, 0.2) is 11.5 Å². The highest BCUT2D eigenvalue weighted by Crippen LogP contribution is 2.36. The third-order valence-corrected chi connectivity index (χ3v) is 4.91. The molecule has 20 heavy (non-hydrogen) atoms. The standard InChI is InChI=1S/C15H16BrClO2S/c1-3-12-4-5-13(20-12)9-19-15-10(8-16)6-11(17)7-14(15)18-2/h4-7H,3,8-9H2,1-2H3. The molecular weight excluding hydrogens is 360 g/mol. The number of halogens is 2. The van der Waals surface area contributed by atoms with Crippen molar-refractivity contribution in [1.82, 2.24) is 0 Å². The van der Waals surface area contributed by atoms with Crippen LogP contribution in [0.3, 0.4) is 0 Å². The third-order valence-electron chi connectivity index (χ3n) is 2.88. The molecule has 1 heterocycles. The van der Waals surface area contributed by atoms with Crippen LogP contribution in [0.15, 0.2) is 24.3 Å². The SMILES string of the molecule is CCc1ccc(COc2c(CBr)cc(Cl)cc2OC)s1. The predicted molar refractivity (Wildman–Crippen MR) is 88.7 cm³/mol. The monoisotopic (exact) mass is 374 g/mol. The van der Waals surface area contributed by atoms with Gasteiger partial charge >= 0.3 is 0 Å². The normalized spacial score (nSPS) is 10.6. The van der Waals surface area contributed by atoms with Gasteiger partial charge in [0, 0.05) is 31.7 Å². The molecule has 2 nitrogen and oxygen atoms in total. The van der Waals surface area contributed by atoms with Crippen LogP contribution in [0.4, 0.5) is 0 Å². The van der Waals surface area contributed by atoms with E-state index in [1.54, 1.807) is 24.5 Å². The van der Waals surface area contributed by atoms with Crippen LogP contribution in [0, 0.1) is 0 Å². The lowest BCUT2D eigenvalue weighted by Crippen LogP contribution is -1.99. The zero-order valence-corrected chi connectivity index (χ0v) is 14.6. The molecule has 0 fully saturated rings. The predicted octanol–water partition coefficient (Wildman–Crippen LogP) is 5.45. The van der Waals surface area contributed by atoms with Crippen molar-refractivity contribution in [2.45, 2.75) is 25.3 Å². The molecule has 2 rings (SSSR count). The van der Waals surface area contributed by atoms with E-state index in [4.69, 9.17) is 21.1 Å². The summed E-state index contributed by atoms with van der Waals surface area (Å²) >= 11 is 11.3. The maximum absolute atomic E-state index is 6.06. The number of rotatable bonds is 6. The van der Waals surface area contributed by atoms with Crippen LogP contribution in [0.25, 0.3) is 0 Å². The minimum atomic E-state index is 0.544. The first-order valence-electron chi connectivity index (χ1n) is 6.30. The second-order valence-corrected chi connectivity index (χ2v) is 6.49. The molecule has 108 valence electrons. The van der Waals surface area contributed by atoms with Crippen molar-refractivity contribution >= 4 is 38.9 Å². The number of ether oxygens (including phenoxy) is 2. The fraction of sp³-hybridized carbons (Fsp3) is 0.333. The van der Waals surface area contributed by atoms with E-state index < -0.39 is 0 Å². The zero-order valence-electron chi connectivity index (χ0n) is 11.4. The molecule has 0 spiro atoms. The molecule has 1 aromatic carbocycles. The number of hydrogen-bond donors (Lipinski definition) is 0. The molecule has 0 aliphatic heterocycles. The van der Waals surface area contributed by atoms with Gasteiger partial charge in [-0.2, -0.15) is 0 Å². The van der Waals surface area contributed by atoms with Crippen LogP contribution < -0.4 is 9.47 Å². The van der Waals surface area contributed by atoms with Gasteiger partial charge in [-0.1, -0.05) is 34.5 Å². The van der Waals surface area contributed by atoms with Gasteiger partial charge in [-0.3, -0.25) is 0 Å². The molecular formula is C15H16BrClO2S. The first-order chi connectivity index (χ1) is 9.67. The van der Waals surface area contributed by atoms with E-state index >= 15 is 0 Å². The van der Waals surface area contributed by atoms with E-state index in [0.29, 0.717) is 22.7 Å². The van der Waals surface area contributed by atoms with E-state index in [1.807, 2.05) is 6.07 Å². The van der Waals surface area contributed by atoms with E-state index in [0.717, 1.165) is 17.7 Å². The lowest BCUT2D eigenvalue weighted by Gasteiger charge is -2.14. The molecule has 0 bridgehead atoms. The van der Waals surface area contributed by atoms with Gasteiger partial charge in [-0.25, -0.2) is 0 Å². The number of benzene rings is 1. The summed E-state index contributed by atoms with van der Waals surface area (Å²) in [6.07, 6.45) is 1.06. The highest BCUT2D eigenvalue weighted by molar-refractivity contribution is 9.08. The largest absolute Gasteiger partial charge is 0.493 e. The van der Waals surface area contributed by atoms with Crippen LogP contribution in [0.2, 0.25) is 5.02 Å². The Balaban J connectivity index is 2.19. The fourth-order valence-electron chi connectivity index (χ4n) is 1.87. The van der Waals surface area contributed by atoms with Gasteiger partial charge in [-0.05, 0) is 24.6 Å². The van der Waals surface area contributed by atoms with Gasteiger partial charge in [0.2, 0.25) is 0 Å². The van der Waals surface area contributed by atoms with Crippen LogP contribution >= 0.6 is 38.9 Å². The van der Waals surface area contributed by atoms with E-state index in [9.17, 15) is 0 Å². The second-order valence-electron chi connectivity index (χ2n) is 4.24. The molecule has 5 heteroatoms. The molecule has 0 saturated heterocycles. The summed E-state index contributed by atoms with van der Waals surface area (Å²) in [5.41, 5.74) is 0.988. The molecule has 0 N–H and O–H groups in total. The minimum absolute atomic E-state index is 0.544. The van der Waals surface area contributed by atoms with Crippen molar-refractivity contribution in [2.75, 3.05) is 7.11 Å². The van der Waals surface area contributed by atoms with Crippen molar-refractivity contribution in [1.29, 1.82) is 0 Å². The van der Waals surface area contributed by atoms with Gasteiger partial charge in [0.05, 0.1) is 7.11 Å². The Kier molecular flexibility index (Phi) is 5.75. The molecule has 0 radical (unpaired) electrons. The van der Waals surface area contributed by atoms with E-state index in [1.165, 1.54) is 9.75 Å². The third kappa shape index (κ3) is 3.68. The average Bonchev–Trinajstić information content (AvgIpc) is 2.92. The zero-order chi connectivity index (χ0) is 14.5. The first-order valence-corrected chi connectivity index (χ1v) is 8.62. The van der Waals surface area contributed by atoms with Crippen molar-refractivity contribution < 1.29 is 9.47 Å². The van der Waals surface area contributed by atoms with Gasteiger partial charge in [0.25, 0.3) is 0 Å². The Hall–Kier alpha value is -0.710. The molecule has 0 atom stereocenters. The summed E-state index contributed by atoms with van der Waals surface area (Å²) in [5, 5.41) is 1.32. The number of methoxy groups -OCH3 is 1. The van der Waals surface area contributed by atoms with Crippen molar-refractivity contribution in [2.24, 2.45) is 0 Å². The maximum Gasteiger partial charge on any atom is 0.165 e. The maximum atomic E-state index is 6.06. The molecule has 0 unspecified atom stereocenters. The Labute approximate surface area is 136 Å². The Morgan fingerprint density at radius 3 is 2.60 bits per heavy atom. The Bertz CT molecular complexity index is 558. The number of hydrogen-bond acceptors (Lipinski definition) is 3. The number of aryl methyl sites for hydroxylation is 1. The molecule has 0 saturated carbocycles. The molecule has 0 aliphatic rings. The highest BCUT2D eigenvalue weighted by Gasteiger charge is 2.13. The van der Waals surface area contributed by atoms with Gasteiger partial charge in [0.1, 0.15) is 6.61 Å². The smallest absolute Gasteiger partial charge is 0.165 e. The highest BCUT2D eigenvalue weighted by atomic mass is 79.9. The van der Waals surface area contributed by atoms with E-state index in [-0.39, 0.29) is 0 Å². The molecule has 2 aromatic rings. The second kappa shape index (κ2) is 7.34. The van der Waals surface area contributed by atoms with Crippen molar-refractivity contribution in [3.05, 3.63) is 44.6 Å². The van der Waals surface area contributed by atoms with Gasteiger partial charge < -0.3 is 9.47 Å². The summed E-state index contributed by atoms with van der Waals surface area (Å²) in [4.78, 5) is 2.58. The summed E-state index contributed by atoms with van der Waals surface area (Å²) in [5.74, 6) is 1.42. The average molecular weight is 376 g/mol. The van der Waals surface area contributed by atoms with Crippen LogP contribution in [-0.4, -0.2) is 7.11 Å². The fourth-order valence-corrected chi connectivity index (χ4v) is 3.39. The van der Waals surface area contributed by atoms with Gasteiger partial charge in [-0.15, -0.1) is 11.3 Å². The molecule has 0 aliphatic carbocycles.